The third-order valence-corrected chi connectivity index (χ3v) is 6.94. The second kappa shape index (κ2) is 13.0. The number of hydrogen-bond donors (Lipinski definition) is 2. The fourth-order valence-corrected chi connectivity index (χ4v) is 5.07. The lowest BCUT2D eigenvalue weighted by Gasteiger charge is -2.39. The van der Waals surface area contributed by atoms with Crippen LogP contribution in [-0.2, 0) is 9.59 Å². The van der Waals surface area contributed by atoms with Crippen LogP contribution in [0.3, 0.4) is 0 Å². The minimum atomic E-state index is 0. The molecule has 2 amide bonds. The summed E-state index contributed by atoms with van der Waals surface area (Å²) >= 11 is 0. The monoisotopic (exact) mass is 450 g/mol. The van der Waals surface area contributed by atoms with Gasteiger partial charge in [0, 0.05) is 38.6 Å². The number of halogens is 2. The maximum atomic E-state index is 12.8. The minimum Gasteiger partial charge on any atom is -0.352 e. The number of amides is 2. The Morgan fingerprint density at radius 2 is 1.48 bits per heavy atom. The Hall–Kier alpha value is -0.560. The molecule has 6 nitrogen and oxygen atoms in total. The zero-order chi connectivity index (χ0) is 19.1. The zero-order valence-electron chi connectivity index (χ0n) is 17.7. The summed E-state index contributed by atoms with van der Waals surface area (Å²) in [7, 11) is 0. The predicted molar refractivity (Wildman–Crippen MR) is 122 cm³/mol. The fourth-order valence-electron chi connectivity index (χ4n) is 5.07. The molecule has 0 spiro atoms. The van der Waals surface area contributed by atoms with Gasteiger partial charge in [-0.05, 0) is 37.6 Å². The summed E-state index contributed by atoms with van der Waals surface area (Å²) in [5.41, 5.74) is 6.08. The van der Waals surface area contributed by atoms with E-state index < -0.39 is 0 Å². The lowest BCUT2D eigenvalue weighted by atomic mass is 9.71. The summed E-state index contributed by atoms with van der Waals surface area (Å²) in [5, 5.41) is 3.19. The molecule has 8 heteroatoms. The van der Waals surface area contributed by atoms with Crippen molar-refractivity contribution >= 4 is 36.6 Å². The zero-order valence-corrected chi connectivity index (χ0v) is 19.3. The molecule has 0 aromatic heterocycles. The molecule has 2 aliphatic carbocycles. The third-order valence-electron chi connectivity index (χ3n) is 6.94. The van der Waals surface area contributed by atoms with E-state index in [9.17, 15) is 9.59 Å². The molecule has 0 aromatic carbocycles. The van der Waals surface area contributed by atoms with Crippen LogP contribution in [0, 0.1) is 5.41 Å². The van der Waals surface area contributed by atoms with E-state index in [1.807, 2.05) is 4.90 Å². The van der Waals surface area contributed by atoms with Crippen molar-refractivity contribution in [3.05, 3.63) is 0 Å². The van der Waals surface area contributed by atoms with Crippen molar-refractivity contribution in [1.29, 1.82) is 0 Å². The molecule has 3 aliphatic rings. The normalized spacial score (nSPS) is 22.9. The number of carbonyl (C=O) groups excluding carboxylic acids is 2. The first-order valence-electron chi connectivity index (χ1n) is 11.1. The second-order valence-corrected chi connectivity index (χ2v) is 9.00. The van der Waals surface area contributed by atoms with Crippen LogP contribution in [0.1, 0.15) is 70.6 Å². The Bertz CT molecular complexity index is 501. The first kappa shape index (κ1) is 26.5. The van der Waals surface area contributed by atoms with Gasteiger partial charge in [0.05, 0.1) is 6.54 Å². The largest absolute Gasteiger partial charge is 0.352 e. The van der Waals surface area contributed by atoms with Crippen molar-refractivity contribution in [2.75, 3.05) is 39.3 Å². The van der Waals surface area contributed by atoms with Gasteiger partial charge in [-0.25, -0.2) is 0 Å². The molecule has 0 aromatic rings. The highest BCUT2D eigenvalue weighted by atomic mass is 35.5. The molecule has 2 saturated carbocycles. The van der Waals surface area contributed by atoms with E-state index in [1.54, 1.807) is 0 Å². The van der Waals surface area contributed by atoms with Gasteiger partial charge >= 0.3 is 0 Å². The Labute approximate surface area is 188 Å². The maximum absolute atomic E-state index is 12.8. The van der Waals surface area contributed by atoms with E-state index in [-0.39, 0.29) is 42.0 Å². The molecule has 0 unspecified atom stereocenters. The standard InChI is InChI=1S/C21H38N4O2.2ClH/c22-17-21(9-5-2-6-10-21)15-20(27)25-13-11-24(12-14-25)16-19(26)23-18-7-3-1-4-8-18;;/h18H,1-17,22H2,(H,23,26);2*1H. The predicted octanol–water partition coefficient (Wildman–Crippen LogP) is 2.72. The molecule has 0 atom stereocenters. The SMILES string of the molecule is Cl.Cl.NCC1(CC(=O)N2CCN(CC(=O)NC3CCCCC3)CC2)CCCCC1. The Kier molecular flexibility index (Phi) is 11.9. The lowest BCUT2D eigenvalue weighted by molar-refractivity contribution is -0.136. The molecule has 1 heterocycles. The molecule has 170 valence electrons. The highest BCUT2D eigenvalue weighted by molar-refractivity contribution is 5.85. The quantitative estimate of drug-likeness (QED) is 0.651. The van der Waals surface area contributed by atoms with E-state index in [4.69, 9.17) is 5.73 Å². The van der Waals surface area contributed by atoms with Crippen LogP contribution in [0.15, 0.2) is 0 Å². The topological polar surface area (TPSA) is 78.7 Å². The van der Waals surface area contributed by atoms with Gasteiger partial charge in [-0.1, -0.05) is 38.5 Å². The summed E-state index contributed by atoms with van der Waals surface area (Å²) in [6, 6.07) is 0.372. The van der Waals surface area contributed by atoms with Gasteiger partial charge in [0.2, 0.25) is 11.8 Å². The molecule has 29 heavy (non-hydrogen) atoms. The third kappa shape index (κ3) is 7.89. The number of hydrogen-bond acceptors (Lipinski definition) is 4. The maximum Gasteiger partial charge on any atom is 0.234 e. The molecule has 1 saturated heterocycles. The first-order chi connectivity index (χ1) is 13.1. The molecule has 3 fully saturated rings. The van der Waals surface area contributed by atoms with Gasteiger partial charge in [0.15, 0.2) is 0 Å². The number of nitrogens with one attached hydrogen (secondary N) is 1. The number of rotatable bonds is 6. The molecule has 3 rings (SSSR count). The van der Waals surface area contributed by atoms with E-state index in [0.717, 1.165) is 51.9 Å². The number of carbonyl (C=O) groups is 2. The van der Waals surface area contributed by atoms with Crippen LogP contribution in [0.25, 0.3) is 0 Å². The Morgan fingerprint density at radius 1 is 0.897 bits per heavy atom. The van der Waals surface area contributed by atoms with Gasteiger partial charge in [-0.3, -0.25) is 14.5 Å². The van der Waals surface area contributed by atoms with Gasteiger partial charge < -0.3 is 16.0 Å². The van der Waals surface area contributed by atoms with Crippen LogP contribution in [0.2, 0.25) is 0 Å². The van der Waals surface area contributed by atoms with Crippen molar-refractivity contribution < 1.29 is 9.59 Å². The van der Waals surface area contributed by atoms with Gasteiger partial charge in [-0.15, -0.1) is 24.8 Å². The van der Waals surface area contributed by atoms with Crippen molar-refractivity contribution in [3.63, 3.8) is 0 Å². The van der Waals surface area contributed by atoms with Gasteiger partial charge in [-0.2, -0.15) is 0 Å². The highest BCUT2D eigenvalue weighted by Crippen LogP contribution is 2.38. The van der Waals surface area contributed by atoms with E-state index in [0.29, 0.717) is 25.6 Å². The van der Waals surface area contributed by atoms with Crippen LogP contribution in [-0.4, -0.2) is 66.9 Å². The average molecular weight is 451 g/mol. The second-order valence-electron chi connectivity index (χ2n) is 9.00. The van der Waals surface area contributed by atoms with E-state index in [2.05, 4.69) is 10.2 Å². The van der Waals surface area contributed by atoms with Crippen molar-refractivity contribution in [2.24, 2.45) is 11.1 Å². The average Bonchev–Trinajstić information content (AvgIpc) is 2.70. The number of piperazine rings is 1. The molecular formula is C21H40Cl2N4O2. The van der Waals surface area contributed by atoms with Crippen molar-refractivity contribution in [2.45, 2.75) is 76.7 Å². The summed E-state index contributed by atoms with van der Waals surface area (Å²) in [5.74, 6) is 0.402. The van der Waals surface area contributed by atoms with Crippen molar-refractivity contribution in [3.8, 4) is 0 Å². The van der Waals surface area contributed by atoms with Crippen molar-refractivity contribution in [1.82, 2.24) is 15.1 Å². The molecule has 3 N–H and O–H groups in total. The molecular weight excluding hydrogens is 411 g/mol. The van der Waals surface area contributed by atoms with Crippen LogP contribution >= 0.6 is 24.8 Å². The van der Waals surface area contributed by atoms with Crippen LogP contribution in [0.5, 0.6) is 0 Å². The fraction of sp³-hybridized carbons (Fsp3) is 0.905. The Balaban J connectivity index is 0.00000210. The number of nitrogens with two attached hydrogens (primary N) is 1. The summed E-state index contributed by atoms with van der Waals surface area (Å²) in [4.78, 5) is 29.3. The Morgan fingerprint density at radius 3 is 2.07 bits per heavy atom. The summed E-state index contributed by atoms with van der Waals surface area (Å²) in [6.45, 7) is 4.14. The molecule has 0 bridgehead atoms. The van der Waals surface area contributed by atoms with E-state index in [1.165, 1.54) is 38.5 Å². The van der Waals surface area contributed by atoms with Gasteiger partial charge in [0.25, 0.3) is 0 Å². The smallest absolute Gasteiger partial charge is 0.234 e. The van der Waals surface area contributed by atoms with Gasteiger partial charge in [0.1, 0.15) is 0 Å². The van der Waals surface area contributed by atoms with Crippen LogP contribution < -0.4 is 11.1 Å². The summed E-state index contributed by atoms with van der Waals surface area (Å²) < 4.78 is 0. The molecule has 0 radical (unpaired) electrons. The first-order valence-corrected chi connectivity index (χ1v) is 11.1. The highest BCUT2D eigenvalue weighted by Gasteiger charge is 2.35. The number of nitrogens with zero attached hydrogens (tertiary/aromatic N) is 2. The molecule has 1 aliphatic heterocycles. The lowest BCUT2D eigenvalue weighted by Crippen LogP contribution is -2.53. The summed E-state index contributed by atoms with van der Waals surface area (Å²) in [6.07, 6.45) is 12.5. The minimum absolute atomic E-state index is 0. The van der Waals surface area contributed by atoms with Crippen LogP contribution in [0.4, 0.5) is 0 Å². The van der Waals surface area contributed by atoms with E-state index >= 15 is 0 Å².